The number of nitrogens with zero attached hydrogens (tertiary/aromatic N) is 6. The molecule has 2 aromatic rings. The summed E-state index contributed by atoms with van der Waals surface area (Å²) in [4.78, 5) is 14.9. The van der Waals surface area contributed by atoms with Crippen LogP contribution >= 0.6 is 0 Å². The van der Waals surface area contributed by atoms with Crippen LogP contribution < -0.4 is 5.32 Å². The van der Waals surface area contributed by atoms with Gasteiger partial charge in [-0.25, -0.2) is 0 Å². The van der Waals surface area contributed by atoms with Crippen LogP contribution in [0.1, 0.15) is 26.2 Å². The fourth-order valence-corrected chi connectivity index (χ4v) is 4.40. The fourth-order valence-electron chi connectivity index (χ4n) is 4.40. The van der Waals surface area contributed by atoms with Gasteiger partial charge in [-0.2, -0.15) is 5.10 Å². The van der Waals surface area contributed by atoms with Gasteiger partial charge in [-0.15, -0.1) is 10.2 Å². The number of piperidine rings is 1. The Morgan fingerprint density at radius 2 is 2.03 bits per heavy atom. The lowest BCUT2D eigenvalue weighted by Crippen LogP contribution is -2.66. The van der Waals surface area contributed by atoms with E-state index in [0.717, 1.165) is 39.0 Å². The number of hydrogen-bond donors (Lipinski definition) is 2. The third-order valence-corrected chi connectivity index (χ3v) is 6.17. The lowest BCUT2D eigenvalue weighted by atomic mass is 9.74. The molecular formula is C19H29N7O3. The first kappa shape index (κ1) is 20.0. The largest absolute Gasteiger partial charge is 0.388 e. The van der Waals surface area contributed by atoms with Crippen molar-refractivity contribution in [2.45, 2.75) is 56.5 Å². The first-order valence-corrected chi connectivity index (χ1v) is 10.1. The summed E-state index contributed by atoms with van der Waals surface area (Å²) in [5.74, 6) is -0.154. The molecule has 0 unspecified atom stereocenters. The van der Waals surface area contributed by atoms with Gasteiger partial charge in [0.2, 0.25) is 5.91 Å². The number of aliphatic hydroxyl groups is 1. The Labute approximate surface area is 169 Å². The van der Waals surface area contributed by atoms with Crippen molar-refractivity contribution < 1.29 is 14.6 Å². The van der Waals surface area contributed by atoms with Crippen molar-refractivity contribution in [3.63, 3.8) is 0 Å². The Balaban J connectivity index is 1.32. The van der Waals surface area contributed by atoms with Gasteiger partial charge in [0.05, 0.1) is 17.7 Å². The summed E-state index contributed by atoms with van der Waals surface area (Å²) in [6.07, 6.45) is 8.48. The van der Waals surface area contributed by atoms with E-state index in [-0.39, 0.29) is 24.7 Å². The van der Waals surface area contributed by atoms with Gasteiger partial charge in [-0.05, 0) is 25.8 Å². The summed E-state index contributed by atoms with van der Waals surface area (Å²) in [5, 5.41) is 25.4. The molecule has 10 heteroatoms. The fraction of sp³-hybridized carbons (Fsp3) is 0.684. The summed E-state index contributed by atoms with van der Waals surface area (Å²) >= 11 is 0. The van der Waals surface area contributed by atoms with Gasteiger partial charge in [0.25, 0.3) is 0 Å². The normalized spacial score (nSPS) is 27.2. The topological polar surface area (TPSA) is 110 Å². The van der Waals surface area contributed by atoms with Crippen LogP contribution in [0.2, 0.25) is 0 Å². The number of hydrogen-bond acceptors (Lipinski definition) is 7. The summed E-state index contributed by atoms with van der Waals surface area (Å²) < 4.78 is 9.68. The van der Waals surface area contributed by atoms with Crippen LogP contribution in [0.3, 0.4) is 0 Å². The van der Waals surface area contributed by atoms with Crippen LogP contribution in [0.15, 0.2) is 31.1 Å². The third-order valence-electron chi connectivity index (χ3n) is 6.17. The zero-order valence-corrected chi connectivity index (χ0v) is 16.8. The van der Waals surface area contributed by atoms with Crippen LogP contribution in [0.5, 0.6) is 0 Å². The molecule has 0 bridgehead atoms. The summed E-state index contributed by atoms with van der Waals surface area (Å²) in [5.41, 5.74) is -1.02. The molecule has 2 aliphatic heterocycles. The summed E-state index contributed by atoms with van der Waals surface area (Å²) in [6, 6.07) is 1.78. The minimum atomic E-state index is -0.735. The first-order valence-electron chi connectivity index (χ1n) is 10.1. The molecule has 2 N–H and O–H groups in total. The minimum Gasteiger partial charge on any atom is -0.388 e. The molecule has 10 nitrogen and oxygen atoms in total. The Hall–Kier alpha value is -2.30. The number of nitrogens with one attached hydrogen (secondary N) is 1. The Kier molecular flexibility index (Phi) is 5.66. The summed E-state index contributed by atoms with van der Waals surface area (Å²) in [7, 11) is 0. The molecule has 0 saturated carbocycles. The Morgan fingerprint density at radius 3 is 2.72 bits per heavy atom. The molecule has 2 fully saturated rings. The monoisotopic (exact) mass is 403 g/mol. The van der Waals surface area contributed by atoms with Crippen LogP contribution in [0.4, 0.5) is 0 Å². The van der Waals surface area contributed by atoms with Crippen LogP contribution in [0.25, 0.3) is 0 Å². The van der Waals surface area contributed by atoms with Crippen LogP contribution in [-0.4, -0.2) is 83.9 Å². The van der Waals surface area contributed by atoms with E-state index in [1.165, 1.54) is 0 Å². The maximum absolute atomic E-state index is 12.5. The SMILES string of the molecule is C[C@@]1(NC(=O)Cn2cccn2)CC2(CCN(CCn3cnnc3)CC2)OC[C@H]1O. The number of ether oxygens (including phenoxy) is 1. The number of rotatable bonds is 6. The number of likely N-dealkylation sites (tertiary alicyclic amines) is 1. The lowest BCUT2D eigenvalue weighted by molar-refractivity contribution is -0.181. The second-order valence-electron chi connectivity index (χ2n) is 8.40. The molecule has 0 aliphatic carbocycles. The van der Waals surface area contributed by atoms with Gasteiger partial charge in [0.1, 0.15) is 25.3 Å². The smallest absolute Gasteiger partial charge is 0.242 e. The summed E-state index contributed by atoms with van der Waals surface area (Å²) in [6.45, 7) is 5.95. The average molecular weight is 403 g/mol. The lowest BCUT2D eigenvalue weighted by Gasteiger charge is -2.52. The van der Waals surface area contributed by atoms with Gasteiger partial charge >= 0.3 is 0 Å². The highest BCUT2D eigenvalue weighted by molar-refractivity contribution is 5.76. The molecule has 2 saturated heterocycles. The van der Waals surface area contributed by atoms with E-state index in [4.69, 9.17) is 4.74 Å². The number of carbonyl (C=O) groups excluding carboxylic acids is 1. The van der Waals surface area contributed by atoms with E-state index >= 15 is 0 Å². The standard InChI is InChI=1S/C19H29N7O3/c1-18(23-17(28)11-26-6-2-5-22-26)13-19(29-12-16(18)27)3-7-24(8-4-19)9-10-25-14-20-21-15-25/h2,5-6,14-16,27H,3-4,7-13H2,1H3,(H,23,28)/t16-,18-/m1/s1. The maximum atomic E-state index is 12.5. The molecule has 0 aromatic carbocycles. The van der Waals surface area contributed by atoms with Gasteiger partial charge in [0.15, 0.2) is 0 Å². The molecule has 2 atom stereocenters. The molecule has 1 spiro atoms. The molecule has 0 radical (unpaired) electrons. The minimum absolute atomic E-state index is 0.139. The Bertz CT molecular complexity index is 787. The van der Waals surface area contributed by atoms with Crippen molar-refractivity contribution in [3.8, 4) is 0 Å². The number of aromatic nitrogens is 5. The van der Waals surface area contributed by atoms with Crippen molar-refractivity contribution in [2.75, 3.05) is 26.2 Å². The molecule has 1 amide bonds. The van der Waals surface area contributed by atoms with E-state index < -0.39 is 11.6 Å². The molecule has 4 rings (SSSR count). The molecule has 2 aromatic heterocycles. The van der Waals surface area contributed by atoms with Gasteiger partial charge in [-0.1, -0.05) is 0 Å². The molecule has 2 aliphatic rings. The highest BCUT2D eigenvalue weighted by Gasteiger charge is 2.50. The van der Waals surface area contributed by atoms with E-state index in [1.807, 2.05) is 11.5 Å². The predicted octanol–water partition coefficient (Wildman–Crippen LogP) is -0.334. The van der Waals surface area contributed by atoms with Crippen LogP contribution in [-0.2, 0) is 22.6 Å². The molecular weight excluding hydrogens is 374 g/mol. The molecule has 4 heterocycles. The predicted molar refractivity (Wildman–Crippen MR) is 104 cm³/mol. The van der Waals surface area contributed by atoms with Gasteiger partial charge in [0, 0.05) is 45.0 Å². The number of carbonyl (C=O) groups is 1. The van der Waals surface area contributed by atoms with Crippen molar-refractivity contribution >= 4 is 5.91 Å². The van der Waals surface area contributed by atoms with E-state index in [9.17, 15) is 9.90 Å². The maximum Gasteiger partial charge on any atom is 0.242 e. The van der Waals surface area contributed by atoms with Crippen molar-refractivity contribution in [1.29, 1.82) is 0 Å². The second-order valence-corrected chi connectivity index (χ2v) is 8.40. The van der Waals surface area contributed by atoms with E-state index in [0.29, 0.717) is 6.42 Å². The third kappa shape index (κ3) is 4.65. The average Bonchev–Trinajstić information content (AvgIpc) is 3.39. The van der Waals surface area contributed by atoms with Crippen LogP contribution in [0, 0.1) is 0 Å². The highest BCUT2D eigenvalue weighted by atomic mass is 16.5. The quantitative estimate of drug-likeness (QED) is 0.679. The molecule has 29 heavy (non-hydrogen) atoms. The van der Waals surface area contributed by atoms with E-state index in [2.05, 4.69) is 25.5 Å². The van der Waals surface area contributed by atoms with Gasteiger partial charge in [-0.3, -0.25) is 9.48 Å². The first-order chi connectivity index (χ1) is 14.0. The zero-order valence-electron chi connectivity index (χ0n) is 16.8. The van der Waals surface area contributed by atoms with Crippen molar-refractivity contribution in [2.24, 2.45) is 0 Å². The Morgan fingerprint density at radius 1 is 1.28 bits per heavy atom. The van der Waals surface area contributed by atoms with Crippen molar-refractivity contribution in [1.82, 2.24) is 34.8 Å². The second kappa shape index (κ2) is 8.21. The number of aliphatic hydroxyl groups excluding tert-OH is 1. The number of amides is 1. The van der Waals surface area contributed by atoms with Gasteiger partial charge < -0.3 is 24.6 Å². The molecule has 158 valence electrons. The van der Waals surface area contributed by atoms with Crippen molar-refractivity contribution in [3.05, 3.63) is 31.1 Å². The zero-order chi connectivity index (χ0) is 20.3. The highest BCUT2D eigenvalue weighted by Crippen LogP contribution is 2.39. The van der Waals surface area contributed by atoms with E-state index in [1.54, 1.807) is 35.8 Å².